The molecule has 1 saturated heterocycles. The minimum absolute atomic E-state index is 0.0434. The van der Waals surface area contributed by atoms with Gasteiger partial charge in [-0.2, -0.15) is 0 Å². The molecule has 0 spiro atoms. The molecule has 0 aliphatic carbocycles. The number of hydrogen-bond donors (Lipinski definition) is 3. The molecule has 3 aromatic carbocycles. The van der Waals surface area contributed by atoms with E-state index in [1.807, 2.05) is 54.3 Å². The van der Waals surface area contributed by atoms with Crippen molar-refractivity contribution in [1.82, 2.24) is 19.4 Å². The normalized spacial score (nSPS) is 13.4. The molecule has 1 aliphatic heterocycles. The summed E-state index contributed by atoms with van der Waals surface area (Å²) in [5, 5.41) is 15.4. The van der Waals surface area contributed by atoms with Crippen LogP contribution in [0.4, 0.5) is 17.2 Å². The van der Waals surface area contributed by atoms with Gasteiger partial charge in [-0.05, 0) is 67.3 Å². The zero-order chi connectivity index (χ0) is 32.6. The summed E-state index contributed by atoms with van der Waals surface area (Å²) in [6.45, 7) is 7.49. The topological polar surface area (TPSA) is 120 Å². The number of carbonyl (C=O) groups is 2. The second-order valence-corrected chi connectivity index (χ2v) is 11.6. The minimum Gasteiger partial charge on any atom is -0.395 e. The highest BCUT2D eigenvalue weighted by atomic mass is 16.3. The van der Waals surface area contributed by atoms with E-state index >= 15 is 0 Å². The summed E-state index contributed by atoms with van der Waals surface area (Å²) in [6, 6.07) is 20.4. The number of piperazine rings is 1. The van der Waals surface area contributed by atoms with Gasteiger partial charge in [-0.3, -0.25) is 19.3 Å². The van der Waals surface area contributed by atoms with E-state index in [4.69, 9.17) is 5.11 Å². The fourth-order valence-electron chi connectivity index (χ4n) is 5.71. The van der Waals surface area contributed by atoms with Crippen LogP contribution >= 0.6 is 0 Å². The van der Waals surface area contributed by atoms with Crippen LogP contribution in [0, 0.1) is 6.92 Å². The Morgan fingerprint density at radius 2 is 1.70 bits per heavy atom. The van der Waals surface area contributed by atoms with Crippen molar-refractivity contribution in [2.24, 2.45) is 7.05 Å². The molecule has 5 rings (SSSR count). The Bertz CT molecular complexity index is 1740. The number of aliphatic hydroxyl groups is 1. The van der Waals surface area contributed by atoms with Crippen LogP contribution in [0.5, 0.6) is 0 Å². The van der Waals surface area contributed by atoms with Gasteiger partial charge in [0.05, 0.1) is 12.3 Å². The first-order valence-corrected chi connectivity index (χ1v) is 15.9. The van der Waals surface area contributed by atoms with Gasteiger partial charge in [-0.25, -0.2) is 4.98 Å². The van der Waals surface area contributed by atoms with E-state index in [0.717, 1.165) is 49.0 Å². The number of β-amino-alcohol motifs (C(OH)–C–C–N with tert-alkyl or cyclic N) is 1. The Morgan fingerprint density at radius 1 is 0.957 bits per heavy atom. The second-order valence-electron chi connectivity index (χ2n) is 11.6. The molecule has 0 unspecified atom stereocenters. The standard InChI is InChI=1S/C36H42N6O4/c1-4-5-9-26-10-6-7-11-30(26)34(44)39-31-13-8-12-29(25(31)2)32-24-40(3)36(46)33(38-32)37-28-16-14-27(15-17-28)35(45)42-20-18-41(19-21-42)22-23-43/h6-8,10-17,24,43H,4-5,9,18-23H2,1-3H3,(H,37,38)(H,39,44). The Hall–Kier alpha value is -4.80. The van der Waals surface area contributed by atoms with Crippen molar-refractivity contribution in [3.05, 3.63) is 106 Å². The third-order valence-corrected chi connectivity index (χ3v) is 8.46. The maximum atomic E-state index is 13.3. The molecule has 0 atom stereocenters. The summed E-state index contributed by atoms with van der Waals surface area (Å²) in [5.41, 5.74) is 5.47. The van der Waals surface area contributed by atoms with E-state index in [1.165, 1.54) is 4.57 Å². The van der Waals surface area contributed by atoms with E-state index in [-0.39, 0.29) is 29.8 Å². The number of amides is 2. The average molecular weight is 623 g/mol. The van der Waals surface area contributed by atoms with Gasteiger partial charge in [0.15, 0.2) is 5.82 Å². The summed E-state index contributed by atoms with van der Waals surface area (Å²) in [5.74, 6) is -0.0514. The summed E-state index contributed by atoms with van der Waals surface area (Å²) >= 11 is 0. The van der Waals surface area contributed by atoms with Crippen molar-refractivity contribution in [1.29, 1.82) is 0 Å². The minimum atomic E-state index is -0.296. The number of carbonyl (C=O) groups excluding carboxylic acids is 2. The van der Waals surface area contributed by atoms with E-state index in [1.54, 1.807) is 37.5 Å². The predicted molar refractivity (Wildman–Crippen MR) is 182 cm³/mol. The van der Waals surface area contributed by atoms with Crippen LogP contribution in [0.25, 0.3) is 11.3 Å². The summed E-state index contributed by atoms with van der Waals surface area (Å²) in [6.07, 6.45) is 4.60. The number of aryl methyl sites for hydroxylation is 2. The van der Waals surface area contributed by atoms with Crippen LogP contribution in [-0.2, 0) is 13.5 Å². The molecular formula is C36H42N6O4. The highest BCUT2D eigenvalue weighted by Crippen LogP contribution is 2.29. The third-order valence-electron chi connectivity index (χ3n) is 8.46. The fraction of sp³-hybridized carbons (Fsp3) is 0.333. The number of rotatable bonds is 11. The molecule has 1 fully saturated rings. The van der Waals surface area contributed by atoms with Crippen LogP contribution in [0.1, 0.15) is 51.6 Å². The molecule has 1 aromatic heterocycles. The number of nitrogens with one attached hydrogen (secondary N) is 2. The van der Waals surface area contributed by atoms with E-state index in [2.05, 4.69) is 27.4 Å². The first-order valence-electron chi connectivity index (χ1n) is 15.9. The Morgan fingerprint density at radius 3 is 2.41 bits per heavy atom. The average Bonchev–Trinajstić information content (AvgIpc) is 3.07. The predicted octanol–water partition coefficient (Wildman–Crippen LogP) is 4.84. The SMILES string of the molecule is CCCCc1ccccc1C(=O)Nc1cccc(-c2cn(C)c(=O)c(Nc3ccc(C(=O)N4CCN(CCO)CC4)cc3)n2)c1C. The monoisotopic (exact) mass is 622 g/mol. The zero-order valence-electron chi connectivity index (χ0n) is 26.8. The summed E-state index contributed by atoms with van der Waals surface area (Å²) < 4.78 is 1.48. The van der Waals surface area contributed by atoms with Crippen LogP contribution < -0.4 is 16.2 Å². The molecule has 3 N–H and O–H groups in total. The van der Waals surface area contributed by atoms with Gasteiger partial charge < -0.3 is 25.2 Å². The maximum Gasteiger partial charge on any atom is 0.293 e. The number of nitrogens with zero attached hydrogens (tertiary/aromatic N) is 4. The number of unbranched alkanes of at least 4 members (excludes halogenated alkanes) is 1. The van der Waals surface area contributed by atoms with Crippen molar-refractivity contribution in [2.45, 2.75) is 33.1 Å². The molecule has 10 heteroatoms. The lowest BCUT2D eigenvalue weighted by Gasteiger charge is -2.34. The second kappa shape index (κ2) is 15.0. The van der Waals surface area contributed by atoms with Gasteiger partial charge in [0.2, 0.25) is 0 Å². The number of benzene rings is 3. The van der Waals surface area contributed by atoms with Crippen molar-refractivity contribution in [2.75, 3.05) is 50.0 Å². The summed E-state index contributed by atoms with van der Waals surface area (Å²) in [7, 11) is 1.68. The van der Waals surface area contributed by atoms with Gasteiger partial charge in [-0.1, -0.05) is 43.7 Å². The van der Waals surface area contributed by atoms with Gasteiger partial charge >= 0.3 is 0 Å². The smallest absolute Gasteiger partial charge is 0.293 e. The highest BCUT2D eigenvalue weighted by molar-refractivity contribution is 6.06. The molecule has 10 nitrogen and oxygen atoms in total. The Balaban J connectivity index is 1.32. The zero-order valence-corrected chi connectivity index (χ0v) is 26.8. The van der Waals surface area contributed by atoms with Crippen molar-refractivity contribution in [3.63, 3.8) is 0 Å². The lowest BCUT2D eigenvalue weighted by molar-refractivity contribution is 0.0615. The van der Waals surface area contributed by atoms with Gasteiger partial charge in [0, 0.05) is 74.0 Å². The first kappa shape index (κ1) is 32.6. The van der Waals surface area contributed by atoms with E-state index in [0.29, 0.717) is 47.8 Å². The Kier molecular flexibility index (Phi) is 10.6. The lowest BCUT2D eigenvalue weighted by atomic mass is 10.0. The molecule has 4 aromatic rings. The Labute approximate surface area is 269 Å². The van der Waals surface area contributed by atoms with Gasteiger partial charge in [0.25, 0.3) is 17.4 Å². The quantitative estimate of drug-likeness (QED) is 0.219. The van der Waals surface area contributed by atoms with E-state index < -0.39 is 0 Å². The molecule has 0 saturated carbocycles. The molecule has 2 amide bonds. The molecule has 0 bridgehead atoms. The van der Waals surface area contributed by atoms with E-state index in [9.17, 15) is 14.4 Å². The van der Waals surface area contributed by atoms with Crippen LogP contribution in [0.3, 0.4) is 0 Å². The van der Waals surface area contributed by atoms with Gasteiger partial charge in [0.1, 0.15) is 0 Å². The molecule has 0 radical (unpaired) electrons. The van der Waals surface area contributed by atoms with Crippen LogP contribution in [0.2, 0.25) is 0 Å². The summed E-state index contributed by atoms with van der Waals surface area (Å²) in [4.78, 5) is 48.1. The molecule has 46 heavy (non-hydrogen) atoms. The number of anilines is 3. The maximum absolute atomic E-state index is 13.3. The molecule has 240 valence electrons. The first-order chi connectivity index (χ1) is 22.3. The number of aliphatic hydroxyl groups excluding tert-OH is 1. The largest absolute Gasteiger partial charge is 0.395 e. The molecular weight excluding hydrogens is 580 g/mol. The molecule has 2 heterocycles. The van der Waals surface area contributed by atoms with Crippen molar-refractivity contribution in [3.8, 4) is 11.3 Å². The lowest BCUT2D eigenvalue weighted by Crippen LogP contribution is -2.49. The van der Waals surface area contributed by atoms with Crippen LogP contribution in [-0.4, -0.2) is 75.6 Å². The van der Waals surface area contributed by atoms with Crippen molar-refractivity contribution < 1.29 is 14.7 Å². The number of aromatic nitrogens is 2. The number of hydrogen-bond acceptors (Lipinski definition) is 7. The van der Waals surface area contributed by atoms with Crippen LogP contribution in [0.15, 0.2) is 77.7 Å². The van der Waals surface area contributed by atoms with Gasteiger partial charge in [-0.15, -0.1) is 0 Å². The fourth-order valence-corrected chi connectivity index (χ4v) is 5.71. The third kappa shape index (κ3) is 7.52. The van der Waals surface area contributed by atoms with Crippen molar-refractivity contribution >= 4 is 29.0 Å². The molecule has 1 aliphatic rings. The highest BCUT2D eigenvalue weighted by Gasteiger charge is 2.22.